The number of hydrogen-bond donors (Lipinski definition) is 0. The molecule has 8 heteroatoms. The van der Waals surface area contributed by atoms with Gasteiger partial charge in [-0.15, -0.1) is 0 Å². The molecule has 1 atom stereocenters. The van der Waals surface area contributed by atoms with Gasteiger partial charge < -0.3 is 4.42 Å². The summed E-state index contributed by atoms with van der Waals surface area (Å²) in [6.07, 6.45) is 0.313. The van der Waals surface area contributed by atoms with Gasteiger partial charge in [-0.2, -0.15) is 9.57 Å². The maximum atomic E-state index is 12.3. The van der Waals surface area contributed by atoms with Gasteiger partial charge in [0.25, 0.3) is 0 Å². The Hall–Kier alpha value is -1.43. The van der Waals surface area contributed by atoms with Crippen molar-refractivity contribution in [3.63, 3.8) is 0 Å². The molecule has 1 aliphatic rings. The number of hydrogen-bond acceptors (Lipinski definition) is 6. The molecule has 0 spiro atoms. The van der Waals surface area contributed by atoms with Crippen LogP contribution in [0.5, 0.6) is 0 Å². The van der Waals surface area contributed by atoms with Gasteiger partial charge in [0.2, 0.25) is 15.9 Å². The van der Waals surface area contributed by atoms with Crippen molar-refractivity contribution in [3.05, 3.63) is 17.3 Å². The first-order chi connectivity index (χ1) is 10.4. The van der Waals surface area contributed by atoms with E-state index in [2.05, 4.69) is 9.88 Å². The quantitative estimate of drug-likeness (QED) is 0.803. The Labute approximate surface area is 131 Å². The first kappa shape index (κ1) is 16.9. The number of aromatic nitrogens is 1. The van der Waals surface area contributed by atoms with Crippen molar-refractivity contribution < 1.29 is 12.8 Å². The van der Waals surface area contributed by atoms with E-state index in [-0.39, 0.29) is 0 Å². The second kappa shape index (κ2) is 6.77. The van der Waals surface area contributed by atoms with Crippen LogP contribution in [0, 0.1) is 25.2 Å². The van der Waals surface area contributed by atoms with E-state index in [0.717, 1.165) is 11.5 Å². The molecule has 0 amide bonds. The zero-order chi connectivity index (χ0) is 16.3. The fourth-order valence-corrected chi connectivity index (χ4v) is 4.08. The average molecular weight is 326 g/mol. The number of rotatable bonds is 5. The minimum atomic E-state index is -3.52. The molecule has 0 radical (unpaired) electrons. The summed E-state index contributed by atoms with van der Waals surface area (Å²) in [6.45, 7) is 8.11. The van der Waals surface area contributed by atoms with Crippen LogP contribution in [0.15, 0.2) is 4.42 Å². The minimum Gasteiger partial charge on any atom is -0.444 e. The minimum absolute atomic E-state index is 0.313. The Kier molecular flexibility index (Phi) is 5.21. The molecule has 0 bridgehead atoms. The van der Waals surface area contributed by atoms with E-state index in [1.54, 1.807) is 6.92 Å². The molecule has 1 aromatic heterocycles. The number of sulfonamides is 1. The molecular weight excluding hydrogens is 304 g/mol. The maximum absolute atomic E-state index is 12.3. The molecule has 1 saturated heterocycles. The van der Waals surface area contributed by atoms with Gasteiger partial charge in [0.1, 0.15) is 5.76 Å². The summed E-state index contributed by atoms with van der Waals surface area (Å²) in [4.78, 5) is 6.46. The van der Waals surface area contributed by atoms with Crippen LogP contribution in [0.1, 0.15) is 30.7 Å². The lowest BCUT2D eigenvalue weighted by atomic mass is 10.3. The van der Waals surface area contributed by atoms with E-state index in [4.69, 9.17) is 9.68 Å². The van der Waals surface area contributed by atoms with E-state index in [9.17, 15) is 8.42 Å². The second-order valence-corrected chi connectivity index (χ2v) is 7.61. The molecular formula is C14H22N4O3S. The van der Waals surface area contributed by atoms with Crippen molar-refractivity contribution in [1.82, 2.24) is 14.2 Å². The summed E-state index contributed by atoms with van der Waals surface area (Å²) in [5.41, 5.74) is 0.885. The zero-order valence-corrected chi connectivity index (χ0v) is 14.1. The van der Waals surface area contributed by atoms with E-state index in [1.165, 1.54) is 4.31 Å². The van der Waals surface area contributed by atoms with Gasteiger partial charge in [-0.25, -0.2) is 13.4 Å². The summed E-state index contributed by atoms with van der Waals surface area (Å²) in [6, 6.07) is 1.88. The van der Waals surface area contributed by atoms with Gasteiger partial charge in [-0.1, -0.05) is 6.92 Å². The van der Waals surface area contributed by atoms with E-state index >= 15 is 0 Å². The average Bonchev–Trinajstić information content (AvgIpc) is 2.79. The lowest BCUT2D eigenvalue weighted by Gasteiger charge is -2.34. The van der Waals surface area contributed by atoms with Gasteiger partial charge in [0.05, 0.1) is 18.3 Å². The molecule has 0 saturated carbocycles. The van der Waals surface area contributed by atoms with Gasteiger partial charge in [0, 0.05) is 26.2 Å². The molecule has 1 fully saturated rings. The van der Waals surface area contributed by atoms with E-state index < -0.39 is 15.3 Å². The summed E-state index contributed by atoms with van der Waals surface area (Å²) in [5, 5.41) is 8.03. The van der Waals surface area contributed by atoms with Crippen molar-refractivity contribution in [2.45, 2.75) is 39.0 Å². The van der Waals surface area contributed by atoms with E-state index in [1.807, 2.05) is 19.9 Å². The Balaban J connectivity index is 1.94. The molecule has 1 aromatic rings. The molecule has 2 rings (SSSR count). The third-order valence-corrected chi connectivity index (χ3v) is 6.24. The molecule has 122 valence electrons. The smallest absolute Gasteiger partial charge is 0.230 e. The first-order valence-corrected chi connectivity index (χ1v) is 8.92. The number of oxazole rings is 1. The predicted molar refractivity (Wildman–Crippen MR) is 81.4 cm³/mol. The third-order valence-electron chi connectivity index (χ3n) is 4.00. The topological polar surface area (TPSA) is 90.4 Å². The predicted octanol–water partition coefficient (Wildman–Crippen LogP) is 1.04. The Morgan fingerprint density at radius 2 is 1.95 bits per heavy atom. The van der Waals surface area contributed by atoms with Gasteiger partial charge in [0.15, 0.2) is 5.25 Å². The van der Waals surface area contributed by atoms with Crippen LogP contribution in [-0.2, 0) is 16.6 Å². The molecule has 7 nitrogen and oxygen atoms in total. The van der Waals surface area contributed by atoms with Crippen molar-refractivity contribution in [2.24, 2.45) is 0 Å². The number of aryl methyl sites for hydroxylation is 2. The van der Waals surface area contributed by atoms with Crippen molar-refractivity contribution >= 4 is 10.0 Å². The first-order valence-electron chi connectivity index (χ1n) is 7.42. The highest BCUT2D eigenvalue weighted by molar-refractivity contribution is 7.90. The molecule has 0 N–H and O–H groups in total. The number of nitriles is 1. The van der Waals surface area contributed by atoms with Gasteiger partial charge >= 0.3 is 0 Å². The molecule has 0 aliphatic carbocycles. The summed E-state index contributed by atoms with van der Waals surface area (Å²) in [5.74, 6) is 1.48. The molecule has 0 unspecified atom stereocenters. The second-order valence-electron chi connectivity index (χ2n) is 5.50. The molecule has 0 aromatic carbocycles. The van der Waals surface area contributed by atoms with Crippen LogP contribution in [0.4, 0.5) is 0 Å². The third kappa shape index (κ3) is 3.48. The van der Waals surface area contributed by atoms with Crippen molar-refractivity contribution in [1.29, 1.82) is 5.26 Å². The highest BCUT2D eigenvalue weighted by Gasteiger charge is 2.33. The van der Waals surface area contributed by atoms with Gasteiger partial charge in [-0.05, 0) is 20.3 Å². The van der Waals surface area contributed by atoms with Crippen molar-refractivity contribution in [2.75, 3.05) is 26.2 Å². The van der Waals surface area contributed by atoms with Gasteiger partial charge in [-0.3, -0.25) is 4.90 Å². The Bertz CT molecular complexity index is 635. The summed E-state index contributed by atoms with van der Waals surface area (Å²) < 4.78 is 31.6. The van der Waals surface area contributed by atoms with E-state index in [0.29, 0.717) is 45.0 Å². The number of piperazine rings is 1. The molecule has 2 heterocycles. The standard InChI is InChI=1S/C14H22N4O3S/c1-4-13(9-15)22(19,20)18-7-5-17(6-8-18)10-14-16-11(2)12(3)21-14/h13H,4-8,10H2,1-3H3/t13-/m1/s1. The fraction of sp³-hybridized carbons (Fsp3) is 0.714. The van der Waals surface area contributed by atoms with Crippen LogP contribution < -0.4 is 0 Å². The van der Waals surface area contributed by atoms with Crippen LogP contribution in [0.3, 0.4) is 0 Å². The normalized spacial score (nSPS) is 19.0. The zero-order valence-electron chi connectivity index (χ0n) is 13.2. The monoisotopic (exact) mass is 326 g/mol. The lowest BCUT2D eigenvalue weighted by molar-refractivity contribution is 0.167. The SMILES string of the molecule is CC[C@H](C#N)S(=O)(=O)N1CCN(Cc2nc(C)c(C)o2)CC1. The van der Waals surface area contributed by atoms with Crippen LogP contribution >= 0.6 is 0 Å². The molecule has 22 heavy (non-hydrogen) atoms. The summed E-state index contributed by atoms with van der Waals surface area (Å²) >= 11 is 0. The van der Waals surface area contributed by atoms with Crippen molar-refractivity contribution in [3.8, 4) is 6.07 Å². The maximum Gasteiger partial charge on any atom is 0.230 e. The van der Waals surface area contributed by atoms with Crippen LogP contribution in [0.25, 0.3) is 0 Å². The lowest BCUT2D eigenvalue weighted by Crippen LogP contribution is -2.50. The highest BCUT2D eigenvalue weighted by Crippen LogP contribution is 2.17. The Morgan fingerprint density at radius 1 is 1.32 bits per heavy atom. The van der Waals surface area contributed by atoms with Crippen LogP contribution in [0.2, 0.25) is 0 Å². The Morgan fingerprint density at radius 3 is 2.41 bits per heavy atom. The number of nitrogens with zero attached hydrogens (tertiary/aromatic N) is 4. The van der Waals surface area contributed by atoms with Crippen LogP contribution in [-0.4, -0.2) is 54.0 Å². The largest absolute Gasteiger partial charge is 0.444 e. The fourth-order valence-electron chi connectivity index (χ4n) is 2.49. The highest BCUT2D eigenvalue weighted by atomic mass is 32.2. The summed E-state index contributed by atoms with van der Waals surface area (Å²) in [7, 11) is -3.52. The molecule has 1 aliphatic heterocycles.